The Morgan fingerprint density at radius 1 is 0.421 bits per heavy atom. The molecule has 0 saturated carbocycles. The third kappa shape index (κ3) is 38.0. The van der Waals surface area contributed by atoms with E-state index in [-0.39, 0.29) is 22.8 Å². The Kier molecular flexibility index (Phi) is 41.9. The van der Waals surface area contributed by atoms with E-state index < -0.39 is 0 Å². The smallest absolute Gasteiger partial charge is 0.306 e. The van der Waals surface area contributed by atoms with E-state index in [1.807, 2.05) is 12.2 Å². The maximum absolute atomic E-state index is 12.0. The molecule has 0 radical (unpaired) electrons. The number of hydrogen-bond acceptors (Lipinski definition) is 4. The molecule has 0 aromatic heterocycles. The summed E-state index contributed by atoms with van der Waals surface area (Å²) in [7, 11) is 0. The number of allylic oxidation sites excluding steroid dienone is 18. The van der Waals surface area contributed by atoms with Gasteiger partial charge in [-0.3, -0.25) is 9.59 Å². The number of ether oxygens (including phenoxy) is 2. The molecule has 2 rings (SSSR count). The van der Waals surface area contributed by atoms with Gasteiger partial charge >= 0.3 is 11.9 Å². The van der Waals surface area contributed by atoms with Crippen molar-refractivity contribution in [2.75, 3.05) is 13.2 Å². The lowest BCUT2D eigenvalue weighted by molar-refractivity contribution is -0.143. The average Bonchev–Trinajstić information content (AvgIpc) is 3.36. The maximum Gasteiger partial charge on any atom is 0.306 e. The molecule has 4 heteroatoms. The molecule has 0 atom stereocenters. The minimum absolute atomic E-state index is 0.0720. The van der Waals surface area contributed by atoms with Crippen LogP contribution < -0.4 is 0 Å². The van der Waals surface area contributed by atoms with Crippen LogP contribution in [0.2, 0.25) is 0 Å². The van der Waals surface area contributed by atoms with Crippen molar-refractivity contribution in [1.82, 2.24) is 0 Å². The summed E-state index contributed by atoms with van der Waals surface area (Å²) in [6.07, 6.45) is 68.6. The molecule has 0 fully saturated rings. The highest BCUT2D eigenvalue weighted by atomic mass is 16.5. The predicted molar refractivity (Wildman–Crippen MR) is 335 cm³/mol. The monoisotopic (exact) mass is 1050 g/mol. The third-order valence-corrected chi connectivity index (χ3v) is 15.8. The Morgan fingerprint density at radius 3 is 1.00 bits per heavy atom. The molecule has 0 saturated heterocycles. The second-order valence-electron chi connectivity index (χ2n) is 24.3. The second kappa shape index (κ2) is 45.2. The van der Waals surface area contributed by atoms with Crippen LogP contribution in [0.15, 0.2) is 117 Å². The fourth-order valence-electron chi connectivity index (χ4n) is 10.7. The Balaban J connectivity index is 0.000000760. The average molecular weight is 1050 g/mol. The normalized spacial score (nSPS) is 16.7. The van der Waals surface area contributed by atoms with Crippen molar-refractivity contribution in [3.8, 4) is 0 Å². The second-order valence-corrected chi connectivity index (χ2v) is 24.3. The maximum atomic E-state index is 12.0. The fraction of sp³-hybridized carbons (Fsp3) is 0.694. The Labute approximate surface area is 471 Å². The summed E-state index contributed by atoms with van der Waals surface area (Å²) in [5.41, 5.74) is 11.3. The van der Waals surface area contributed by atoms with Crippen molar-refractivity contribution >= 4 is 11.9 Å². The summed E-state index contributed by atoms with van der Waals surface area (Å²) in [4.78, 5) is 24.0. The van der Waals surface area contributed by atoms with Crippen molar-refractivity contribution in [1.29, 1.82) is 0 Å². The van der Waals surface area contributed by atoms with E-state index in [0.29, 0.717) is 26.1 Å². The molecular weight excluding hydrogens is 929 g/mol. The largest absolute Gasteiger partial charge is 0.461 e. The predicted octanol–water partition coefficient (Wildman–Crippen LogP) is 23.1. The third-order valence-electron chi connectivity index (χ3n) is 15.8. The van der Waals surface area contributed by atoms with Gasteiger partial charge in [-0.05, 0) is 127 Å². The lowest BCUT2D eigenvalue weighted by atomic mass is 9.72. The Hall–Kier alpha value is -3.66. The van der Waals surface area contributed by atoms with E-state index in [2.05, 4.69) is 144 Å². The zero-order chi connectivity index (χ0) is 56.1. The van der Waals surface area contributed by atoms with Crippen molar-refractivity contribution < 1.29 is 19.1 Å². The molecule has 76 heavy (non-hydrogen) atoms. The molecule has 0 aromatic rings. The topological polar surface area (TPSA) is 52.6 Å². The van der Waals surface area contributed by atoms with Crippen LogP contribution >= 0.6 is 0 Å². The summed E-state index contributed by atoms with van der Waals surface area (Å²) in [6, 6.07) is 0. The molecule has 432 valence electrons. The van der Waals surface area contributed by atoms with Gasteiger partial charge in [0.2, 0.25) is 0 Å². The fourth-order valence-corrected chi connectivity index (χ4v) is 10.7. The van der Waals surface area contributed by atoms with Crippen LogP contribution in [0, 0.1) is 10.8 Å². The van der Waals surface area contributed by atoms with E-state index in [9.17, 15) is 9.59 Å². The van der Waals surface area contributed by atoms with Gasteiger partial charge in [-0.1, -0.05) is 290 Å². The van der Waals surface area contributed by atoms with Crippen LogP contribution in [-0.2, 0) is 19.1 Å². The van der Waals surface area contributed by atoms with Gasteiger partial charge < -0.3 is 9.47 Å². The molecular formula is C72H120O4. The number of carbonyl (C=O) groups excluding carboxylic acids is 2. The van der Waals surface area contributed by atoms with Crippen molar-refractivity contribution in [2.24, 2.45) is 10.8 Å². The lowest BCUT2D eigenvalue weighted by Gasteiger charge is -2.33. The summed E-state index contributed by atoms with van der Waals surface area (Å²) < 4.78 is 10.8. The highest BCUT2D eigenvalue weighted by molar-refractivity contribution is 5.69. The van der Waals surface area contributed by atoms with E-state index in [0.717, 1.165) is 36.8 Å². The summed E-state index contributed by atoms with van der Waals surface area (Å²) in [5, 5.41) is 0. The van der Waals surface area contributed by atoms with Gasteiger partial charge in [0.05, 0.1) is 0 Å². The summed E-state index contributed by atoms with van der Waals surface area (Å²) in [6.45, 7) is 27.6. The molecule has 0 unspecified atom stereocenters. The quantitative estimate of drug-likeness (QED) is 0.0349. The van der Waals surface area contributed by atoms with E-state index in [1.54, 1.807) is 0 Å². The van der Waals surface area contributed by atoms with Gasteiger partial charge in [0.15, 0.2) is 0 Å². The van der Waals surface area contributed by atoms with Crippen LogP contribution in [0.1, 0.15) is 301 Å². The van der Waals surface area contributed by atoms with Crippen molar-refractivity contribution in [3.63, 3.8) is 0 Å². The van der Waals surface area contributed by atoms with Gasteiger partial charge in [0.1, 0.15) is 13.2 Å². The SMILES string of the molecule is CCCCCCCCCCCCCCCC(=O)OC/C=C(C)/C=C/C=C(C)/C=C/C1=C(C)CCCC1(C)C.CCCCCCCCCCCCCCCC(=O)OC/C=C(C)/C=C/C=C(C)/C=C/C1=C(C)CCCC1(C)C. The number of rotatable bonds is 40. The Bertz CT molecular complexity index is 1740. The number of hydrogen-bond donors (Lipinski definition) is 0. The number of unbranched alkanes of at least 4 members (excludes halogenated alkanes) is 24. The first kappa shape index (κ1) is 70.4. The number of esters is 2. The summed E-state index contributed by atoms with van der Waals surface area (Å²) in [5.74, 6) is -0.144. The minimum atomic E-state index is -0.0720. The van der Waals surface area contributed by atoms with Gasteiger partial charge in [-0.2, -0.15) is 0 Å². The Morgan fingerprint density at radius 2 is 0.711 bits per heavy atom. The van der Waals surface area contributed by atoms with E-state index >= 15 is 0 Å². The molecule has 0 heterocycles. The highest BCUT2D eigenvalue weighted by Gasteiger charge is 2.27. The van der Waals surface area contributed by atoms with E-state index in [4.69, 9.17) is 9.47 Å². The summed E-state index contributed by atoms with van der Waals surface area (Å²) >= 11 is 0. The van der Waals surface area contributed by atoms with Gasteiger partial charge in [0, 0.05) is 12.8 Å². The van der Waals surface area contributed by atoms with Gasteiger partial charge in [-0.25, -0.2) is 0 Å². The molecule has 0 aliphatic heterocycles. The van der Waals surface area contributed by atoms with Crippen LogP contribution in [-0.4, -0.2) is 25.2 Å². The van der Waals surface area contributed by atoms with Gasteiger partial charge in [0.25, 0.3) is 0 Å². The van der Waals surface area contributed by atoms with Crippen LogP contribution in [0.4, 0.5) is 0 Å². The standard InChI is InChI=1S/2C36H60O2/c2*1-7-8-9-10-11-12-13-14-15-16-17-18-19-25-35(37)38-30-28-32(3)23-20-22-31(2)26-27-34-33(4)24-21-29-36(34,5)6/h2*20,22-23,26-28H,7-19,21,24-25,29-30H2,1-6H3/b2*23-20+,27-26+,31-22+,32-28+. The molecule has 2 aliphatic rings. The first-order valence-corrected chi connectivity index (χ1v) is 31.6. The molecule has 4 nitrogen and oxygen atoms in total. The number of carbonyl (C=O) groups is 2. The molecule has 0 aromatic carbocycles. The van der Waals surface area contributed by atoms with E-state index in [1.165, 1.54) is 213 Å². The zero-order valence-corrected chi connectivity index (χ0v) is 52.0. The van der Waals surface area contributed by atoms with Crippen molar-refractivity contribution in [3.05, 3.63) is 117 Å². The van der Waals surface area contributed by atoms with Crippen LogP contribution in [0.5, 0.6) is 0 Å². The van der Waals surface area contributed by atoms with Crippen LogP contribution in [0.3, 0.4) is 0 Å². The van der Waals surface area contributed by atoms with Gasteiger partial charge in [-0.15, -0.1) is 0 Å². The molecule has 0 bridgehead atoms. The molecule has 0 spiro atoms. The zero-order valence-electron chi connectivity index (χ0n) is 52.0. The first-order chi connectivity index (χ1) is 36.5. The molecule has 0 N–H and O–H groups in total. The lowest BCUT2D eigenvalue weighted by Crippen LogP contribution is -2.19. The molecule has 2 aliphatic carbocycles. The first-order valence-electron chi connectivity index (χ1n) is 31.6. The highest BCUT2D eigenvalue weighted by Crippen LogP contribution is 2.42. The van der Waals surface area contributed by atoms with Crippen LogP contribution in [0.25, 0.3) is 0 Å². The minimum Gasteiger partial charge on any atom is -0.461 e. The van der Waals surface area contributed by atoms with Crippen molar-refractivity contribution in [2.45, 2.75) is 301 Å². The molecule has 0 amide bonds.